The van der Waals surface area contributed by atoms with Crippen molar-refractivity contribution < 1.29 is 9.59 Å². The molecule has 4 nitrogen and oxygen atoms in total. The Balaban J connectivity index is 1.38. The number of hydrogen-bond donors (Lipinski definition) is 1. The highest BCUT2D eigenvalue weighted by Crippen LogP contribution is 2.22. The van der Waals surface area contributed by atoms with Gasteiger partial charge in [-0.05, 0) is 49.2 Å². The fourth-order valence-corrected chi connectivity index (χ4v) is 4.25. The molecular formula is C21H25ClN2O2S. The fraction of sp³-hybridized carbons (Fsp3) is 0.429. The molecule has 0 bridgehead atoms. The van der Waals surface area contributed by atoms with Gasteiger partial charge in [0.2, 0.25) is 5.91 Å². The van der Waals surface area contributed by atoms with E-state index < -0.39 is 0 Å². The number of Topliss-reactive ketones (excluding diaryl/α,β-unsaturated/α-hetero) is 1. The van der Waals surface area contributed by atoms with Crippen LogP contribution in [0.15, 0.2) is 36.4 Å². The van der Waals surface area contributed by atoms with E-state index in [0.29, 0.717) is 15.8 Å². The van der Waals surface area contributed by atoms with Gasteiger partial charge in [0.25, 0.3) is 0 Å². The molecule has 1 aromatic heterocycles. The van der Waals surface area contributed by atoms with Crippen molar-refractivity contribution in [1.82, 2.24) is 10.2 Å². The van der Waals surface area contributed by atoms with Gasteiger partial charge < -0.3 is 5.32 Å². The summed E-state index contributed by atoms with van der Waals surface area (Å²) in [5.74, 6) is -0.146. The fourth-order valence-electron chi connectivity index (χ4n) is 3.24. The number of nitrogens with one attached hydrogen (secondary N) is 1. The third-order valence-corrected chi connectivity index (χ3v) is 6.07. The van der Waals surface area contributed by atoms with Crippen LogP contribution in [0.3, 0.4) is 0 Å². The summed E-state index contributed by atoms with van der Waals surface area (Å²) in [4.78, 5) is 27.1. The maximum absolute atomic E-state index is 12.0. The minimum absolute atomic E-state index is 0.0379. The van der Waals surface area contributed by atoms with Crippen molar-refractivity contribution in [3.63, 3.8) is 0 Å². The van der Waals surface area contributed by atoms with E-state index in [1.165, 1.54) is 49.3 Å². The monoisotopic (exact) mass is 404 g/mol. The topological polar surface area (TPSA) is 49.4 Å². The molecule has 27 heavy (non-hydrogen) atoms. The number of piperidine rings is 1. The van der Waals surface area contributed by atoms with Crippen LogP contribution in [-0.4, -0.2) is 29.7 Å². The van der Waals surface area contributed by atoms with Crippen LogP contribution in [0.25, 0.3) is 0 Å². The van der Waals surface area contributed by atoms with Crippen molar-refractivity contribution in [2.75, 3.05) is 13.1 Å². The molecule has 0 radical (unpaired) electrons. The first-order chi connectivity index (χ1) is 13.1. The third-order valence-electron chi connectivity index (χ3n) is 4.79. The minimum atomic E-state index is -0.108. The smallest absolute Gasteiger partial charge is 0.220 e. The van der Waals surface area contributed by atoms with Crippen molar-refractivity contribution in [1.29, 1.82) is 0 Å². The number of benzene rings is 1. The Labute approximate surface area is 169 Å². The summed E-state index contributed by atoms with van der Waals surface area (Å²) in [6.07, 6.45) is 4.35. The van der Waals surface area contributed by atoms with E-state index in [1.54, 1.807) is 12.1 Å². The predicted octanol–water partition coefficient (Wildman–Crippen LogP) is 4.67. The van der Waals surface area contributed by atoms with Gasteiger partial charge in [-0.3, -0.25) is 14.5 Å². The number of rotatable bonds is 8. The van der Waals surface area contributed by atoms with E-state index >= 15 is 0 Å². The highest BCUT2D eigenvalue weighted by molar-refractivity contribution is 7.18. The zero-order chi connectivity index (χ0) is 19.1. The van der Waals surface area contributed by atoms with Gasteiger partial charge in [0.05, 0.1) is 9.21 Å². The molecule has 0 spiro atoms. The van der Waals surface area contributed by atoms with Crippen molar-refractivity contribution >= 4 is 34.6 Å². The average molecular weight is 405 g/mol. The molecule has 6 heteroatoms. The third kappa shape index (κ3) is 6.45. The summed E-state index contributed by atoms with van der Waals surface area (Å²) >= 11 is 7.09. The van der Waals surface area contributed by atoms with Crippen molar-refractivity contribution in [3.05, 3.63) is 56.7 Å². The first kappa shape index (κ1) is 20.1. The summed E-state index contributed by atoms with van der Waals surface area (Å²) in [6, 6.07) is 11.8. The van der Waals surface area contributed by atoms with Crippen LogP contribution >= 0.6 is 22.9 Å². The van der Waals surface area contributed by atoms with Gasteiger partial charge >= 0.3 is 0 Å². The van der Waals surface area contributed by atoms with Crippen molar-refractivity contribution in [2.24, 2.45) is 0 Å². The number of halogens is 1. The summed E-state index contributed by atoms with van der Waals surface area (Å²) in [5.41, 5.74) is 2.38. The largest absolute Gasteiger partial charge is 0.352 e. The number of likely N-dealkylation sites (tertiary alicyclic amines) is 1. The van der Waals surface area contributed by atoms with Crippen LogP contribution < -0.4 is 5.32 Å². The zero-order valence-corrected chi connectivity index (χ0v) is 17.0. The number of hydrogen-bond acceptors (Lipinski definition) is 4. The zero-order valence-electron chi connectivity index (χ0n) is 15.4. The van der Waals surface area contributed by atoms with Crippen molar-refractivity contribution in [3.8, 4) is 0 Å². The molecule has 1 aliphatic heterocycles. The SMILES string of the molecule is O=C(CCC(=O)c1ccc(Cl)s1)NCc1ccc(CN2CCCCC2)cc1. The van der Waals surface area contributed by atoms with E-state index in [-0.39, 0.29) is 24.5 Å². The Morgan fingerprint density at radius 3 is 2.33 bits per heavy atom. The standard InChI is InChI=1S/C21H25ClN2O2S/c22-20-10-9-19(27-20)18(25)8-11-21(26)23-14-16-4-6-17(7-5-16)15-24-12-2-1-3-13-24/h4-7,9-10H,1-3,8,11-15H2,(H,23,26). The van der Waals surface area contributed by atoms with Crippen LogP contribution in [0.2, 0.25) is 4.34 Å². The van der Waals surface area contributed by atoms with E-state index in [0.717, 1.165) is 12.1 Å². The van der Waals surface area contributed by atoms with Gasteiger partial charge in [0, 0.05) is 25.9 Å². The molecule has 144 valence electrons. The number of carbonyl (C=O) groups is 2. The van der Waals surface area contributed by atoms with Gasteiger partial charge in [0.1, 0.15) is 0 Å². The number of carbonyl (C=O) groups excluding carboxylic acids is 2. The Morgan fingerprint density at radius 2 is 1.67 bits per heavy atom. The molecule has 0 aliphatic carbocycles. The molecule has 1 fully saturated rings. The number of thiophene rings is 1. The second kappa shape index (κ2) is 10.0. The number of nitrogens with zero attached hydrogens (tertiary/aromatic N) is 1. The summed E-state index contributed by atoms with van der Waals surface area (Å²) in [7, 11) is 0. The Kier molecular flexibility index (Phi) is 7.44. The van der Waals surface area contributed by atoms with Gasteiger partial charge in [-0.2, -0.15) is 0 Å². The normalized spacial score (nSPS) is 14.9. The highest BCUT2D eigenvalue weighted by Gasteiger charge is 2.12. The lowest BCUT2D eigenvalue weighted by Crippen LogP contribution is -2.29. The summed E-state index contributed by atoms with van der Waals surface area (Å²) in [5, 5.41) is 2.89. The second-order valence-electron chi connectivity index (χ2n) is 6.96. The summed E-state index contributed by atoms with van der Waals surface area (Å²) in [6.45, 7) is 3.87. The molecule has 1 aliphatic rings. The van der Waals surface area contributed by atoms with E-state index in [4.69, 9.17) is 11.6 Å². The average Bonchev–Trinajstić information content (AvgIpc) is 3.13. The van der Waals surface area contributed by atoms with E-state index in [2.05, 4.69) is 34.5 Å². The number of amides is 1. The number of ketones is 1. The molecule has 3 rings (SSSR count). The lowest BCUT2D eigenvalue weighted by Gasteiger charge is -2.26. The van der Waals surface area contributed by atoms with Crippen molar-refractivity contribution in [2.45, 2.75) is 45.2 Å². The summed E-state index contributed by atoms with van der Waals surface area (Å²) < 4.78 is 0.589. The van der Waals surface area contributed by atoms with Gasteiger partial charge in [-0.15, -0.1) is 11.3 Å². The predicted molar refractivity (Wildman–Crippen MR) is 110 cm³/mol. The molecule has 0 saturated carbocycles. The lowest BCUT2D eigenvalue weighted by molar-refractivity contribution is -0.121. The lowest BCUT2D eigenvalue weighted by atomic mass is 10.1. The molecule has 2 heterocycles. The van der Waals surface area contributed by atoms with Gasteiger partial charge in [-0.25, -0.2) is 0 Å². The molecule has 1 amide bonds. The molecule has 0 unspecified atom stereocenters. The molecule has 1 aromatic carbocycles. The van der Waals surface area contributed by atoms with Crippen LogP contribution in [0.1, 0.15) is 52.9 Å². The van der Waals surface area contributed by atoms with Gasteiger partial charge in [0.15, 0.2) is 5.78 Å². The Morgan fingerprint density at radius 1 is 0.963 bits per heavy atom. The highest BCUT2D eigenvalue weighted by atomic mass is 35.5. The van der Waals surface area contributed by atoms with Crippen LogP contribution in [0.4, 0.5) is 0 Å². The van der Waals surface area contributed by atoms with E-state index in [1.807, 2.05) is 0 Å². The maximum atomic E-state index is 12.0. The van der Waals surface area contributed by atoms with E-state index in [9.17, 15) is 9.59 Å². The van der Waals surface area contributed by atoms with Crippen LogP contribution in [0, 0.1) is 0 Å². The molecular weight excluding hydrogens is 380 g/mol. The molecule has 1 N–H and O–H groups in total. The van der Waals surface area contributed by atoms with Crippen LogP contribution in [0.5, 0.6) is 0 Å². The molecule has 1 saturated heterocycles. The first-order valence-electron chi connectivity index (χ1n) is 9.45. The molecule has 2 aromatic rings. The molecule has 0 atom stereocenters. The quantitative estimate of drug-likeness (QED) is 0.650. The van der Waals surface area contributed by atoms with Gasteiger partial charge in [-0.1, -0.05) is 42.3 Å². The second-order valence-corrected chi connectivity index (χ2v) is 8.67. The maximum Gasteiger partial charge on any atom is 0.220 e. The Hall–Kier alpha value is -1.69. The Bertz CT molecular complexity index is 767. The minimum Gasteiger partial charge on any atom is -0.352 e. The first-order valence-corrected chi connectivity index (χ1v) is 10.6. The van der Waals surface area contributed by atoms with Crippen LogP contribution in [-0.2, 0) is 17.9 Å².